The fourth-order valence-corrected chi connectivity index (χ4v) is 4.85. The molecule has 0 spiro atoms. The summed E-state index contributed by atoms with van der Waals surface area (Å²) in [5.41, 5.74) is -0.441. The molecule has 0 unspecified atom stereocenters. The van der Waals surface area contributed by atoms with E-state index in [1.807, 2.05) is 0 Å². The van der Waals surface area contributed by atoms with E-state index in [2.05, 4.69) is 5.32 Å². The van der Waals surface area contributed by atoms with Crippen LogP contribution in [0.15, 0.2) is 29.2 Å². The molecular weight excluding hydrogens is 359 g/mol. The maximum atomic E-state index is 13.4. The van der Waals surface area contributed by atoms with E-state index in [-0.39, 0.29) is 29.8 Å². The summed E-state index contributed by atoms with van der Waals surface area (Å²) >= 11 is 0. The average molecular weight is 384 g/mol. The van der Waals surface area contributed by atoms with Crippen LogP contribution in [0, 0.1) is 11.7 Å². The summed E-state index contributed by atoms with van der Waals surface area (Å²) < 4.78 is 45.5. The molecule has 6 nitrogen and oxygen atoms in total. The summed E-state index contributed by atoms with van der Waals surface area (Å²) in [6, 6.07) is 5.06. The number of nitrogens with one attached hydrogen (secondary N) is 1. The molecule has 0 aromatic heterocycles. The number of nitrogens with zero attached hydrogens (tertiary/aromatic N) is 1. The SMILES string of the molecule is COCCC1(NC(=O)C2CC2)CCN(S(=O)(=O)c2cccc(F)c2)CC1. The highest BCUT2D eigenvalue weighted by Gasteiger charge is 2.41. The van der Waals surface area contributed by atoms with Gasteiger partial charge in [-0.15, -0.1) is 0 Å². The normalized spacial score (nSPS) is 20.7. The lowest BCUT2D eigenvalue weighted by Gasteiger charge is -2.42. The number of rotatable bonds is 7. The second-order valence-corrected chi connectivity index (χ2v) is 9.09. The number of hydrogen-bond acceptors (Lipinski definition) is 4. The second-order valence-electron chi connectivity index (χ2n) is 7.15. The molecule has 1 heterocycles. The predicted molar refractivity (Wildman–Crippen MR) is 94.5 cm³/mol. The van der Waals surface area contributed by atoms with Crippen molar-refractivity contribution in [1.82, 2.24) is 9.62 Å². The Kier molecular flexibility index (Phi) is 5.64. The van der Waals surface area contributed by atoms with Crippen molar-refractivity contribution < 1.29 is 22.3 Å². The Hall–Kier alpha value is -1.51. The van der Waals surface area contributed by atoms with Crippen LogP contribution in [-0.4, -0.2) is 51.0 Å². The molecule has 1 saturated heterocycles. The fourth-order valence-electron chi connectivity index (χ4n) is 3.37. The van der Waals surface area contributed by atoms with Crippen molar-refractivity contribution in [2.75, 3.05) is 26.8 Å². The Bertz CT molecular complexity index is 756. The van der Waals surface area contributed by atoms with E-state index in [0.717, 1.165) is 18.9 Å². The van der Waals surface area contributed by atoms with Crippen LogP contribution in [0.5, 0.6) is 0 Å². The molecule has 1 amide bonds. The zero-order chi connectivity index (χ0) is 18.8. The van der Waals surface area contributed by atoms with Gasteiger partial charge in [-0.1, -0.05) is 6.07 Å². The van der Waals surface area contributed by atoms with Crippen molar-refractivity contribution in [3.05, 3.63) is 30.1 Å². The van der Waals surface area contributed by atoms with Gasteiger partial charge < -0.3 is 10.1 Å². The molecule has 0 radical (unpaired) electrons. The number of piperidine rings is 1. The zero-order valence-electron chi connectivity index (χ0n) is 14.9. The zero-order valence-corrected chi connectivity index (χ0v) is 15.7. The molecule has 1 aliphatic heterocycles. The first-order valence-electron chi connectivity index (χ1n) is 8.93. The number of carbonyl (C=O) groups is 1. The fraction of sp³-hybridized carbons (Fsp3) is 0.611. The Morgan fingerprint density at radius 1 is 1.35 bits per heavy atom. The van der Waals surface area contributed by atoms with Gasteiger partial charge in [-0.2, -0.15) is 4.31 Å². The monoisotopic (exact) mass is 384 g/mol. The molecule has 3 rings (SSSR count). The van der Waals surface area contributed by atoms with Crippen molar-refractivity contribution >= 4 is 15.9 Å². The lowest BCUT2D eigenvalue weighted by molar-refractivity contribution is -0.125. The predicted octanol–water partition coefficient (Wildman–Crippen LogP) is 1.91. The van der Waals surface area contributed by atoms with Crippen LogP contribution < -0.4 is 5.32 Å². The Morgan fingerprint density at radius 3 is 2.62 bits per heavy atom. The Labute approximate surface area is 153 Å². The summed E-state index contributed by atoms with van der Waals surface area (Å²) in [5, 5.41) is 3.15. The van der Waals surface area contributed by atoms with E-state index >= 15 is 0 Å². The van der Waals surface area contributed by atoms with Gasteiger partial charge in [0.25, 0.3) is 0 Å². The van der Waals surface area contributed by atoms with Gasteiger partial charge in [-0.05, 0) is 50.3 Å². The lowest BCUT2D eigenvalue weighted by atomic mass is 9.85. The second kappa shape index (κ2) is 7.62. The van der Waals surface area contributed by atoms with Crippen molar-refractivity contribution in [2.45, 2.75) is 42.5 Å². The summed E-state index contributed by atoms with van der Waals surface area (Å²) in [4.78, 5) is 12.2. The van der Waals surface area contributed by atoms with E-state index in [9.17, 15) is 17.6 Å². The highest BCUT2D eigenvalue weighted by molar-refractivity contribution is 7.89. The van der Waals surface area contributed by atoms with Gasteiger partial charge in [0.05, 0.1) is 4.90 Å². The maximum absolute atomic E-state index is 13.4. The Morgan fingerprint density at radius 2 is 2.04 bits per heavy atom. The summed E-state index contributed by atoms with van der Waals surface area (Å²) in [6.07, 6.45) is 3.53. The van der Waals surface area contributed by atoms with Crippen LogP contribution in [0.25, 0.3) is 0 Å². The topological polar surface area (TPSA) is 75.7 Å². The number of sulfonamides is 1. The molecule has 8 heteroatoms. The minimum absolute atomic E-state index is 0.0380. The van der Waals surface area contributed by atoms with Gasteiger partial charge in [0.15, 0.2) is 0 Å². The quantitative estimate of drug-likeness (QED) is 0.779. The average Bonchev–Trinajstić information content (AvgIpc) is 3.46. The molecule has 26 heavy (non-hydrogen) atoms. The van der Waals surface area contributed by atoms with Crippen LogP contribution in [0.1, 0.15) is 32.1 Å². The van der Waals surface area contributed by atoms with E-state index in [1.54, 1.807) is 7.11 Å². The summed E-state index contributed by atoms with van der Waals surface area (Å²) in [7, 11) is -2.13. The third-order valence-electron chi connectivity index (χ3n) is 5.23. The van der Waals surface area contributed by atoms with Gasteiger partial charge in [0.2, 0.25) is 15.9 Å². The molecule has 1 aliphatic carbocycles. The molecular formula is C18H25FN2O4S. The smallest absolute Gasteiger partial charge is 0.243 e. The molecule has 1 aromatic carbocycles. The third-order valence-corrected chi connectivity index (χ3v) is 7.13. The maximum Gasteiger partial charge on any atom is 0.243 e. The van der Waals surface area contributed by atoms with Gasteiger partial charge >= 0.3 is 0 Å². The lowest BCUT2D eigenvalue weighted by Crippen LogP contribution is -2.57. The van der Waals surface area contributed by atoms with Gasteiger partial charge in [0.1, 0.15) is 5.82 Å². The van der Waals surface area contributed by atoms with E-state index in [4.69, 9.17) is 4.74 Å². The molecule has 1 aromatic rings. The number of benzene rings is 1. The van der Waals surface area contributed by atoms with E-state index in [1.165, 1.54) is 22.5 Å². The largest absolute Gasteiger partial charge is 0.385 e. The molecule has 2 fully saturated rings. The van der Waals surface area contributed by atoms with Crippen molar-refractivity contribution in [3.63, 3.8) is 0 Å². The first-order valence-corrected chi connectivity index (χ1v) is 10.4. The van der Waals surface area contributed by atoms with Crippen LogP contribution in [0.3, 0.4) is 0 Å². The number of methoxy groups -OCH3 is 1. The van der Waals surface area contributed by atoms with E-state index in [0.29, 0.717) is 25.9 Å². The molecule has 144 valence electrons. The van der Waals surface area contributed by atoms with Gasteiger partial charge in [-0.25, -0.2) is 12.8 Å². The summed E-state index contributed by atoms with van der Waals surface area (Å²) in [6.45, 7) is 1.07. The molecule has 2 aliphatic rings. The molecule has 1 N–H and O–H groups in total. The first kappa shape index (κ1) is 19.3. The molecule has 0 bridgehead atoms. The molecule has 0 atom stereocenters. The Balaban J connectivity index is 1.71. The molecule has 1 saturated carbocycles. The van der Waals surface area contributed by atoms with Crippen LogP contribution >= 0.6 is 0 Å². The van der Waals surface area contributed by atoms with Crippen LogP contribution in [0.2, 0.25) is 0 Å². The van der Waals surface area contributed by atoms with Gasteiger partial charge in [-0.3, -0.25) is 4.79 Å². The van der Waals surface area contributed by atoms with Crippen molar-refractivity contribution in [3.8, 4) is 0 Å². The van der Waals surface area contributed by atoms with Crippen LogP contribution in [0.4, 0.5) is 4.39 Å². The number of hydrogen-bond donors (Lipinski definition) is 1. The van der Waals surface area contributed by atoms with Crippen LogP contribution in [-0.2, 0) is 19.6 Å². The standard InChI is InChI=1S/C18H25FN2O4S/c1-25-12-9-18(20-17(22)14-5-6-14)7-10-21(11-8-18)26(23,24)16-4-2-3-15(19)13-16/h2-4,13-14H,5-12H2,1H3,(H,20,22). The van der Waals surface area contributed by atoms with Gasteiger partial charge in [0, 0.05) is 38.3 Å². The number of ether oxygens (including phenoxy) is 1. The first-order chi connectivity index (χ1) is 12.4. The van der Waals surface area contributed by atoms with E-state index < -0.39 is 21.4 Å². The summed E-state index contributed by atoms with van der Waals surface area (Å²) in [5.74, 6) is -0.416. The third kappa shape index (κ3) is 4.24. The highest BCUT2D eigenvalue weighted by Crippen LogP contribution is 2.33. The number of carbonyl (C=O) groups excluding carboxylic acids is 1. The highest BCUT2D eigenvalue weighted by atomic mass is 32.2. The number of amides is 1. The van der Waals surface area contributed by atoms with Crippen molar-refractivity contribution in [2.24, 2.45) is 5.92 Å². The number of halogens is 1. The van der Waals surface area contributed by atoms with Crippen molar-refractivity contribution in [1.29, 1.82) is 0 Å². The minimum atomic E-state index is -3.74. The minimum Gasteiger partial charge on any atom is -0.385 e.